The third kappa shape index (κ3) is 2.50. The van der Waals surface area contributed by atoms with Gasteiger partial charge in [-0.2, -0.15) is 0 Å². The van der Waals surface area contributed by atoms with Crippen molar-refractivity contribution in [2.24, 2.45) is 0 Å². The van der Waals surface area contributed by atoms with Gasteiger partial charge in [0.05, 0.1) is 0 Å². The Balaban J connectivity index is 1.85. The van der Waals surface area contributed by atoms with Gasteiger partial charge in [-0.25, -0.2) is 9.97 Å². The molecule has 0 bridgehead atoms. The third-order valence-electron chi connectivity index (χ3n) is 4.22. The van der Waals surface area contributed by atoms with Gasteiger partial charge in [0.25, 0.3) is 0 Å². The smallest absolute Gasteiger partial charge is 0.202 e. The van der Waals surface area contributed by atoms with E-state index in [4.69, 9.17) is 5.73 Å². The topological polar surface area (TPSA) is 60.0 Å². The third-order valence-corrected chi connectivity index (χ3v) is 4.22. The molecule has 0 saturated carbocycles. The fourth-order valence-corrected chi connectivity index (χ4v) is 3.03. The minimum atomic E-state index is 0.470. The number of anilines is 1. The van der Waals surface area contributed by atoms with E-state index in [-0.39, 0.29) is 0 Å². The van der Waals surface area contributed by atoms with Gasteiger partial charge in [-0.15, -0.1) is 0 Å². The molecule has 0 radical (unpaired) electrons. The lowest BCUT2D eigenvalue weighted by Crippen LogP contribution is -2.39. The quantitative estimate of drug-likeness (QED) is 0.931. The van der Waals surface area contributed by atoms with Crippen LogP contribution >= 0.6 is 0 Å². The number of nitrogens with zero attached hydrogens (tertiary/aromatic N) is 4. The van der Waals surface area contributed by atoms with Gasteiger partial charge in [-0.05, 0) is 51.9 Å². The van der Waals surface area contributed by atoms with E-state index in [1.54, 1.807) is 0 Å². The predicted molar refractivity (Wildman–Crippen MR) is 81.6 cm³/mol. The number of piperidine rings is 1. The highest BCUT2D eigenvalue weighted by Gasteiger charge is 2.19. The van der Waals surface area contributed by atoms with E-state index < -0.39 is 0 Å². The maximum absolute atomic E-state index is 6.07. The first-order valence-corrected chi connectivity index (χ1v) is 7.48. The zero-order chi connectivity index (χ0) is 14.1. The normalized spacial score (nSPS) is 18.5. The Morgan fingerprint density at radius 2 is 1.95 bits per heavy atom. The average molecular weight is 273 g/mol. The Kier molecular flexibility index (Phi) is 3.61. The molecular weight excluding hydrogens is 250 g/mol. The first-order valence-electron chi connectivity index (χ1n) is 7.48. The highest BCUT2D eigenvalue weighted by molar-refractivity contribution is 5.74. The number of hydrogen-bond donors (Lipinski definition) is 1. The van der Waals surface area contributed by atoms with Crippen molar-refractivity contribution in [2.45, 2.75) is 45.7 Å². The van der Waals surface area contributed by atoms with Crippen molar-refractivity contribution in [1.82, 2.24) is 19.4 Å². The van der Waals surface area contributed by atoms with Crippen LogP contribution in [0.15, 0.2) is 12.1 Å². The lowest BCUT2D eigenvalue weighted by atomic mass is 10.1. The van der Waals surface area contributed by atoms with Crippen molar-refractivity contribution in [3.05, 3.63) is 17.8 Å². The molecule has 5 nitrogen and oxygen atoms in total. The molecule has 1 fully saturated rings. The summed E-state index contributed by atoms with van der Waals surface area (Å²) in [5, 5.41) is 0. The van der Waals surface area contributed by atoms with Crippen LogP contribution < -0.4 is 5.73 Å². The van der Waals surface area contributed by atoms with Crippen LogP contribution in [0.5, 0.6) is 0 Å². The number of hydrogen-bond acceptors (Lipinski definition) is 4. The SMILES string of the molecule is Cc1ccc2nc(N)n(CC(C)N3CCCCC3)c2n1. The molecule has 2 N–H and O–H groups in total. The second-order valence-electron chi connectivity index (χ2n) is 5.82. The predicted octanol–water partition coefficient (Wildman–Crippen LogP) is 2.20. The molecule has 2 aromatic rings. The van der Waals surface area contributed by atoms with Crippen LogP contribution in [-0.2, 0) is 6.54 Å². The summed E-state index contributed by atoms with van der Waals surface area (Å²) in [5.41, 5.74) is 8.88. The molecule has 5 heteroatoms. The second-order valence-corrected chi connectivity index (χ2v) is 5.82. The molecule has 3 heterocycles. The Hall–Kier alpha value is -1.62. The van der Waals surface area contributed by atoms with Crippen molar-refractivity contribution >= 4 is 17.1 Å². The number of aromatic nitrogens is 3. The maximum atomic E-state index is 6.07. The van der Waals surface area contributed by atoms with E-state index >= 15 is 0 Å². The number of likely N-dealkylation sites (tertiary alicyclic amines) is 1. The zero-order valence-corrected chi connectivity index (χ0v) is 12.3. The number of nitrogen functional groups attached to an aromatic ring is 1. The highest BCUT2D eigenvalue weighted by Crippen LogP contribution is 2.19. The molecule has 1 aliphatic heterocycles. The van der Waals surface area contributed by atoms with Crippen molar-refractivity contribution in [1.29, 1.82) is 0 Å². The van der Waals surface area contributed by atoms with Crippen LogP contribution in [0.25, 0.3) is 11.2 Å². The van der Waals surface area contributed by atoms with E-state index in [9.17, 15) is 0 Å². The van der Waals surface area contributed by atoms with E-state index in [2.05, 4.69) is 26.4 Å². The van der Waals surface area contributed by atoms with Gasteiger partial charge in [0.15, 0.2) is 5.65 Å². The summed E-state index contributed by atoms with van der Waals surface area (Å²) in [6.07, 6.45) is 3.98. The number of nitrogens with two attached hydrogens (primary N) is 1. The fraction of sp³-hybridized carbons (Fsp3) is 0.600. The molecule has 0 aromatic carbocycles. The largest absolute Gasteiger partial charge is 0.369 e. The molecule has 20 heavy (non-hydrogen) atoms. The summed E-state index contributed by atoms with van der Waals surface area (Å²) in [6.45, 7) is 7.52. The number of aryl methyl sites for hydroxylation is 1. The van der Waals surface area contributed by atoms with Crippen molar-refractivity contribution in [2.75, 3.05) is 18.8 Å². The molecule has 1 unspecified atom stereocenters. The Bertz CT molecular complexity index is 598. The molecule has 108 valence electrons. The molecule has 1 saturated heterocycles. The first-order chi connectivity index (χ1) is 9.65. The molecule has 0 spiro atoms. The molecular formula is C15H23N5. The lowest BCUT2D eigenvalue weighted by molar-refractivity contribution is 0.161. The summed E-state index contributed by atoms with van der Waals surface area (Å²) in [7, 11) is 0. The zero-order valence-electron chi connectivity index (χ0n) is 12.3. The highest BCUT2D eigenvalue weighted by atomic mass is 15.2. The minimum Gasteiger partial charge on any atom is -0.369 e. The number of imidazole rings is 1. The maximum Gasteiger partial charge on any atom is 0.202 e. The molecule has 0 aliphatic carbocycles. The van der Waals surface area contributed by atoms with Gasteiger partial charge < -0.3 is 5.73 Å². The van der Waals surface area contributed by atoms with Gasteiger partial charge in [0.1, 0.15) is 5.52 Å². The summed E-state index contributed by atoms with van der Waals surface area (Å²) >= 11 is 0. The number of fused-ring (bicyclic) bond motifs is 1. The molecule has 1 atom stereocenters. The van der Waals surface area contributed by atoms with Crippen LogP contribution in [0.4, 0.5) is 5.95 Å². The Labute approximate surface area is 119 Å². The van der Waals surface area contributed by atoms with Gasteiger partial charge in [0, 0.05) is 18.3 Å². The lowest BCUT2D eigenvalue weighted by Gasteiger charge is -2.32. The molecule has 0 amide bonds. The van der Waals surface area contributed by atoms with Crippen molar-refractivity contribution in [3.63, 3.8) is 0 Å². The van der Waals surface area contributed by atoms with Gasteiger partial charge in [-0.3, -0.25) is 9.47 Å². The standard InChI is InChI=1S/C15H23N5/c1-11-6-7-13-14(17-11)20(15(16)18-13)10-12(2)19-8-4-3-5-9-19/h6-7,12H,3-5,8-10H2,1-2H3,(H2,16,18). The number of pyridine rings is 1. The molecule has 2 aromatic heterocycles. The fourth-order valence-electron chi connectivity index (χ4n) is 3.03. The van der Waals surface area contributed by atoms with Gasteiger partial charge in [-0.1, -0.05) is 6.42 Å². The van der Waals surface area contributed by atoms with Crippen LogP contribution in [0.2, 0.25) is 0 Å². The van der Waals surface area contributed by atoms with Crippen LogP contribution in [0, 0.1) is 6.92 Å². The van der Waals surface area contributed by atoms with Crippen molar-refractivity contribution < 1.29 is 0 Å². The van der Waals surface area contributed by atoms with E-state index in [0.29, 0.717) is 12.0 Å². The first kappa shape index (κ1) is 13.4. The minimum absolute atomic E-state index is 0.470. The Morgan fingerprint density at radius 1 is 1.20 bits per heavy atom. The van der Waals surface area contributed by atoms with Crippen LogP contribution in [-0.4, -0.2) is 38.6 Å². The van der Waals surface area contributed by atoms with Crippen LogP contribution in [0.3, 0.4) is 0 Å². The van der Waals surface area contributed by atoms with Crippen LogP contribution in [0.1, 0.15) is 31.9 Å². The molecule has 1 aliphatic rings. The van der Waals surface area contributed by atoms with Gasteiger partial charge in [0.2, 0.25) is 5.95 Å². The Morgan fingerprint density at radius 3 is 2.70 bits per heavy atom. The second kappa shape index (κ2) is 5.40. The van der Waals surface area contributed by atoms with E-state index in [1.165, 1.54) is 32.4 Å². The summed E-state index contributed by atoms with van der Waals surface area (Å²) in [5.74, 6) is 0.571. The summed E-state index contributed by atoms with van der Waals surface area (Å²) in [4.78, 5) is 11.6. The summed E-state index contributed by atoms with van der Waals surface area (Å²) < 4.78 is 2.06. The van der Waals surface area contributed by atoms with Crippen molar-refractivity contribution in [3.8, 4) is 0 Å². The average Bonchev–Trinajstić information content (AvgIpc) is 2.76. The molecule has 3 rings (SSSR count). The summed E-state index contributed by atoms with van der Waals surface area (Å²) in [6, 6.07) is 4.45. The monoisotopic (exact) mass is 273 g/mol. The van der Waals surface area contributed by atoms with E-state index in [1.807, 2.05) is 19.1 Å². The number of rotatable bonds is 3. The van der Waals surface area contributed by atoms with Gasteiger partial charge >= 0.3 is 0 Å². The van der Waals surface area contributed by atoms with E-state index in [0.717, 1.165) is 23.4 Å².